The Kier molecular flexibility index (Phi) is 8.39. The second-order valence-corrected chi connectivity index (χ2v) is 10.4. The maximum atomic E-state index is 13.2. The number of carbonyl (C=O) groups is 1. The van der Waals surface area contributed by atoms with Gasteiger partial charge in [-0.15, -0.1) is 0 Å². The number of halogens is 1. The average molecular weight is 462 g/mol. The predicted molar refractivity (Wildman–Crippen MR) is 123 cm³/mol. The third-order valence-corrected chi connectivity index (χ3v) is 7.80. The fourth-order valence-electron chi connectivity index (χ4n) is 3.92. The van der Waals surface area contributed by atoms with Crippen molar-refractivity contribution in [2.24, 2.45) is 0 Å². The smallest absolute Gasteiger partial charge is 0.243 e. The van der Waals surface area contributed by atoms with Gasteiger partial charge in [0.1, 0.15) is 5.82 Å². The summed E-state index contributed by atoms with van der Waals surface area (Å²) in [4.78, 5) is 14.7. The third-order valence-electron chi connectivity index (χ3n) is 5.89. The van der Waals surface area contributed by atoms with Gasteiger partial charge in [-0.3, -0.25) is 4.79 Å². The van der Waals surface area contributed by atoms with Crippen molar-refractivity contribution in [3.05, 3.63) is 65.5 Å². The van der Waals surface area contributed by atoms with E-state index in [1.54, 1.807) is 40.7 Å². The Bertz CT molecular complexity index is 986. The quantitative estimate of drug-likeness (QED) is 0.622. The van der Waals surface area contributed by atoms with Gasteiger partial charge in [0.15, 0.2) is 0 Å². The lowest BCUT2D eigenvalue weighted by atomic mass is 10.1. The minimum atomic E-state index is -3.44. The van der Waals surface area contributed by atoms with E-state index in [1.807, 2.05) is 19.0 Å². The van der Waals surface area contributed by atoms with Gasteiger partial charge in [0.05, 0.1) is 10.9 Å². The number of hydrogen-bond acceptors (Lipinski definition) is 4. The van der Waals surface area contributed by atoms with Gasteiger partial charge in [-0.1, -0.05) is 30.7 Å². The minimum Gasteiger partial charge on any atom is -0.354 e. The fourth-order valence-corrected chi connectivity index (χ4v) is 5.44. The SMILES string of the molecule is CN(C)C(CNC(=O)CCc1ccc(S(=O)(=O)N2CCCCC2)cc1)c1ccc(F)cc1. The predicted octanol–water partition coefficient (Wildman–Crippen LogP) is 3.35. The summed E-state index contributed by atoms with van der Waals surface area (Å²) in [6.45, 7) is 1.58. The van der Waals surface area contributed by atoms with E-state index in [1.165, 1.54) is 12.1 Å². The van der Waals surface area contributed by atoms with Gasteiger partial charge in [-0.25, -0.2) is 12.8 Å². The van der Waals surface area contributed by atoms with E-state index in [0.29, 0.717) is 37.4 Å². The highest BCUT2D eigenvalue weighted by atomic mass is 32.2. The molecule has 0 radical (unpaired) electrons. The highest BCUT2D eigenvalue weighted by molar-refractivity contribution is 7.89. The Morgan fingerprint density at radius 2 is 1.66 bits per heavy atom. The Labute approximate surface area is 190 Å². The van der Waals surface area contributed by atoms with Gasteiger partial charge in [-0.2, -0.15) is 4.31 Å². The number of nitrogens with one attached hydrogen (secondary N) is 1. The maximum absolute atomic E-state index is 13.2. The maximum Gasteiger partial charge on any atom is 0.243 e. The molecule has 2 aromatic rings. The number of piperidine rings is 1. The first-order chi connectivity index (χ1) is 15.3. The van der Waals surface area contributed by atoms with Crippen LogP contribution in [0.3, 0.4) is 0 Å². The lowest BCUT2D eigenvalue weighted by molar-refractivity contribution is -0.121. The second kappa shape index (κ2) is 11.0. The lowest BCUT2D eigenvalue weighted by Crippen LogP contribution is -2.35. The first-order valence-corrected chi connectivity index (χ1v) is 12.5. The van der Waals surface area contributed by atoms with E-state index >= 15 is 0 Å². The molecule has 8 heteroatoms. The summed E-state index contributed by atoms with van der Waals surface area (Å²) in [7, 11) is 0.393. The van der Waals surface area contributed by atoms with Gasteiger partial charge in [0.2, 0.25) is 15.9 Å². The Balaban J connectivity index is 1.51. The summed E-state index contributed by atoms with van der Waals surface area (Å²) in [5, 5.41) is 2.95. The Morgan fingerprint density at radius 1 is 1.03 bits per heavy atom. The summed E-state index contributed by atoms with van der Waals surface area (Å²) in [6.07, 6.45) is 3.72. The van der Waals surface area contributed by atoms with E-state index in [0.717, 1.165) is 30.4 Å². The molecule has 1 fully saturated rings. The van der Waals surface area contributed by atoms with Crippen molar-refractivity contribution in [2.45, 2.75) is 43.0 Å². The Morgan fingerprint density at radius 3 is 2.25 bits per heavy atom. The van der Waals surface area contributed by atoms with Crippen molar-refractivity contribution in [1.82, 2.24) is 14.5 Å². The molecule has 32 heavy (non-hydrogen) atoms. The molecule has 1 aliphatic rings. The highest BCUT2D eigenvalue weighted by Gasteiger charge is 2.25. The van der Waals surface area contributed by atoms with E-state index in [9.17, 15) is 17.6 Å². The second-order valence-electron chi connectivity index (χ2n) is 8.44. The number of aryl methyl sites for hydroxylation is 1. The first-order valence-electron chi connectivity index (χ1n) is 11.0. The molecule has 1 N–H and O–H groups in total. The molecule has 0 aromatic heterocycles. The van der Waals surface area contributed by atoms with Gasteiger partial charge >= 0.3 is 0 Å². The third kappa shape index (κ3) is 6.37. The molecule has 1 saturated heterocycles. The summed E-state index contributed by atoms with van der Waals surface area (Å²) in [5.41, 5.74) is 1.85. The molecule has 174 valence electrons. The van der Waals surface area contributed by atoms with Crippen molar-refractivity contribution in [1.29, 1.82) is 0 Å². The molecule has 1 amide bonds. The largest absolute Gasteiger partial charge is 0.354 e. The van der Waals surface area contributed by atoms with Crippen LogP contribution in [-0.2, 0) is 21.2 Å². The van der Waals surface area contributed by atoms with E-state index in [4.69, 9.17) is 0 Å². The molecule has 0 bridgehead atoms. The van der Waals surface area contributed by atoms with Crippen LogP contribution >= 0.6 is 0 Å². The molecule has 1 heterocycles. The van der Waals surface area contributed by atoms with Crippen molar-refractivity contribution < 1.29 is 17.6 Å². The number of nitrogens with zero attached hydrogens (tertiary/aromatic N) is 2. The number of benzene rings is 2. The van der Waals surface area contributed by atoms with Crippen LogP contribution in [0.15, 0.2) is 53.4 Å². The van der Waals surface area contributed by atoms with Crippen LogP contribution in [0.2, 0.25) is 0 Å². The Hall–Kier alpha value is -2.29. The number of amides is 1. The van der Waals surface area contributed by atoms with Crippen LogP contribution in [-0.4, -0.2) is 57.3 Å². The van der Waals surface area contributed by atoms with Crippen LogP contribution in [0, 0.1) is 5.82 Å². The van der Waals surface area contributed by atoms with Crippen molar-refractivity contribution >= 4 is 15.9 Å². The van der Waals surface area contributed by atoms with Crippen LogP contribution in [0.1, 0.15) is 42.9 Å². The molecule has 0 aliphatic carbocycles. The summed E-state index contributed by atoms with van der Waals surface area (Å²) in [6, 6.07) is 13.1. The van der Waals surface area contributed by atoms with Gasteiger partial charge in [0.25, 0.3) is 0 Å². The molecule has 6 nitrogen and oxygen atoms in total. The molecule has 1 unspecified atom stereocenters. The summed E-state index contributed by atoms with van der Waals surface area (Å²) < 4.78 is 40.2. The minimum absolute atomic E-state index is 0.0566. The van der Waals surface area contributed by atoms with Crippen LogP contribution < -0.4 is 5.32 Å². The van der Waals surface area contributed by atoms with E-state index < -0.39 is 10.0 Å². The molecule has 3 rings (SSSR count). The normalized spacial score (nSPS) is 16.1. The van der Waals surface area contributed by atoms with Crippen molar-refractivity contribution in [3.8, 4) is 0 Å². The van der Waals surface area contributed by atoms with Gasteiger partial charge in [0, 0.05) is 26.1 Å². The lowest BCUT2D eigenvalue weighted by Gasteiger charge is -2.26. The molecule has 0 saturated carbocycles. The van der Waals surface area contributed by atoms with Gasteiger partial charge < -0.3 is 10.2 Å². The molecule has 1 atom stereocenters. The zero-order chi connectivity index (χ0) is 23.1. The molecule has 0 spiro atoms. The topological polar surface area (TPSA) is 69.7 Å². The van der Waals surface area contributed by atoms with E-state index in [-0.39, 0.29) is 17.8 Å². The molecule has 2 aromatic carbocycles. The first kappa shape index (κ1) is 24.4. The fraction of sp³-hybridized carbons (Fsp3) is 0.458. The monoisotopic (exact) mass is 461 g/mol. The van der Waals surface area contributed by atoms with Crippen LogP contribution in [0.25, 0.3) is 0 Å². The summed E-state index contributed by atoms with van der Waals surface area (Å²) >= 11 is 0. The van der Waals surface area contributed by atoms with Crippen LogP contribution in [0.5, 0.6) is 0 Å². The highest BCUT2D eigenvalue weighted by Crippen LogP contribution is 2.21. The average Bonchev–Trinajstić information content (AvgIpc) is 2.79. The van der Waals surface area contributed by atoms with E-state index in [2.05, 4.69) is 5.32 Å². The number of rotatable bonds is 9. The zero-order valence-electron chi connectivity index (χ0n) is 18.8. The van der Waals surface area contributed by atoms with Crippen molar-refractivity contribution in [2.75, 3.05) is 33.7 Å². The summed E-state index contributed by atoms with van der Waals surface area (Å²) in [5.74, 6) is -0.367. The zero-order valence-corrected chi connectivity index (χ0v) is 19.6. The molecular weight excluding hydrogens is 429 g/mol. The van der Waals surface area contributed by atoms with Crippen molar-refractivity contribution in [3.63, 3.8) is 0 Å². The molecular formula is C24H32FN3O3S. The van der Waals surface area contributed by atoms with Crippen LogP contribution in [0.4, 0.5) is 4.39 Å². The number of likely N-dealkylation sites (N-methyl/N-ethyl adjacent to an activating group) is 1. The number of carbonyl (C=O) groups excluding carboxylic acids is 1. The van der Waals surface area contributed by atoms with Gasteiger partial charge in [-0.05, 0) is 68.8 Å². The number of sulfonamides is 1. The standard InChI is InChI=1S/C24H32FN3O3S/c1-27(2)23(20-9-11-21(25)12-10-20)18-26-24(29)15-8-19-6-13-22(14-7-19)32(30,31)28-16-4-3-5-17-28/h6-7,9-14,23H,3-5,8,15-18H2,1-2H3,(H,26,29). The molecule has 1 aliphatic heterocycles. The number of hydrogen-bond donors (Lipinski definition) is 1.